The van der Waals surface area contributed by atoms with Crippen LogP contribution in [0.4, 0.5) is 4.39 Å². The fourth-order valence-electron chi connectivity index (χ4n) is 6.96. The van der Waals surface area contributed by atoms with Gasteiger partial charge in [0, 0.05) is 48.7 Å². The van der Waals surface area contributed by atoms with Gasteiger partial charge in [0.05, 0.1) is 5.56 Å². The second kappa shape index (κ2) is 10.2. The fourth-order valence-corrected chi connectivity index (χ4v) is 6.96. The average molecular weight is 579 g/mol. The van der Waals surface area contributed by atoms with Crippen LogP contribution in [-0.2, 0) is 27.3 Å². The summed E-state index contributed by atoms with van der Waals surface area (Å²) >= 11 is 0. The number of nitrogens with two attached hydrogens (primary N) is 1. The van der Waals surface area contributed by atoms with E-state index in [9.17, 15) is 34.8 Å². The maximum atomic E-state index is 16.0. The normalized spacial score (nSPS) is 26.5. The van der Waals surface area contributed by atoms with E-state index >= 15 is 4.39 Å². The Morgan fingerprint density at radius 2 is 1.79 bits per heavy atom. The van der Waals surface area contributed by atoms with Crippen molar-refractivity contribution in [3.05, 3.63) is 75.8 Å². The topological polar surface area (TPSA) is 171 Å². The van der Waals surface area contributed by atoms with E-state index in [0.29, 0.717) is 13.1 Å². The lowest BCUT2D eigenvalue weighted by Crippen LogP contribution is -2.58. The van der Waals surface area contributed by atoms with Crippen LogP contribution in [0.1, 0.15) is 42.4 Å². The lowest BCUT2D eigenvalue weighted by atomic mass is 9.59. The van der Waals surface area contributed by atoms with Crippen molar-refractivity contribution in [2.24, 2.45) is 17.6 Å². The Kier molecular flexibility index (Phi) is 6.81. The predicted molar refractivity (Wildman–Crippen MR) is 147 cm³/mol. The lowest BCUT2D eigenvalue weighted by Gasteiger charge is -2.46. The van der Waals surface area contributed by atoms with E-state index in [1.807, 2.05) is 30.3 Å². The van der Waals surface area contributed by atoms with Crippen molar-refractivity contribution in [3.8, 4) is 11.5 Å². The number of para-hydroxylation sites is 1. The molecule has 2 fully saturated rings. The third-order valence-corrected chi connectivity index (χ3v) is 9.05. The number of aliphatic hydroxyl groups excluding tert-OH is 2. The zero-order chi connectivity index (χ0) is 29.9. The van der Waals surface area contributed by atoms with Gasteiger partial charge in [-0.3, -0.25) is 19.3 Å². The number of primary amides is 1. The molecule has 1 aliphatic heterocycles. The number of ether oxygens (including phenoxy) is 1. The monoisotopic (exact) mass is 578 g/mol. The largest absolute Gasteiger partial charge is 0.508 e. The van der Waals surface area contributed by atoms with Gasteiger partial charge in [0.2, 0.25) is 5.78 Å². The molecule has 3 aliphatic carbocycles. The number of halogens is 1. The van der Waals surface area contributed by atoms with E-state index < -0.39 is 70.0 Å². The summed E-state index contributed by atoms with van der Waals surface area (Å²) in [5, 5.41) is 44.0. The van der Waals surface area contributed by atoms with Gasteiger partial charge in [-0.1, -0.05) is 18.2 Å². The van der Waals surface area contributed by atoms with Crippen LogP contribution in [0.3, 0.4) is 0 Å². The molecule has 0 aromatic heterocycles. The molecule has 220 valence electrons. The van der Waals surface area contributed by atoms with Gasteiger partial charge in [0.1, 0.15) is 40.5 Å². The summed E-state index contributed by atoms with van der Waals surface area (Å²) in [7, 11) is 0. The molecular weight excluding hydrogens is 547 g/mol. The number of rotatable bonds is 5. The molecule has 1 unspecified atom stereocenters. The number of likely N-dealkylation sites (tertiary alicyclic amines) is 1. The number of piperidine rings is 1. The van der Waals surface area contributed by atoms with Gasteiger partial charge in [0.15, 0.2) is 11.4 Å². The number of benzene rings is 2. The highest BCUT2D eigenvalue weighted by Crippen LogP contribution is 2.52. The second-order valence-electron chi connectivity index (χ2n) is 11.5. The minimum atomic E-state index is -2.65. The number of ketones is 2. The molecule has 6 N–H and O–H groups in total. The Balaban J connectivity index is 1.26. The number of hydrogen-bond acceptors (Lipinski definition) is 9. The summed E-state index contributed by atoms with van der Waals surface area (Å²) in [6.07, 6.45) is 0.961. The van der Waals surface area contributed by atoms with Gasteiger partial charge < -0.3 is 30.9 Å². The Bertz CT molecular complexity index is 1560. The highest BCUT2D eigenvalue weighted by molar-refractivity contribution is 6.22. The average Bonchev–Trinajstić information content (AvgIpc) is 2.94. The van der Waals surface area contributed by atoms with Crippen molar-refractivity contribution in [2.45, 2.75) is 50.4 Å². The molecule has 0 radical (unpaired) electrons. The van der Waals surface area contributed by atoms with Crippen LogP contribution in [-0.4, -0.2) is 67.6 Å². The SMILES string of the molecule is NC(=O)C1=C(O)[C@@]2(O)C(=O)C3=C(O)c4c(O)cc(CN5CCC(Oc6ccccc6)CC5)c(F)c4CC3C[C@H]2CC1=O. The summed E-state index contributed by atoms with van der Waals surface area (Å²) in [6, 6.07) is 10.8. The van der Waals surface area contributed by atoms with Crippen LogP contribution in [0.2, 0.25) is 0 Å². The number of hydrogen-bond donors (Lipinski definition) is 5. The van der Waals surface area contributed by atoms with Crippen molar-refractivity contribution in [3.63, 3.8) is 0 Å². The molecule has 1 amide bonds. The number of fused-ring (bicyclic) bond motifs is 3. The standard InChI is InChI=1S/C31H31FN2O8/c32-26-16(14-34-8-6-19(7-9-34)42-18-4-2-1-3-5-18)12-21(35)24-20(26)11-15-10-17-13-22(36)25(30(33)40)29(39)31(17,41)28(38)23(15)27(24)37/h1-5,12,15,17,19,35,37,39,41H,6-11,13-14H2,(H2,33,40)/t15?,17-,31-/m0/s1. The number of nitrogens with zero attached hydrogens (tertiary/aromatic N) is 1. The maximum Gasteiger partial charge on any atom is 0.255 e. The first kappa shape index (κ1) is 27.9. The fraction of sp³-hybridized carbons (Fsp3) is 0.387. The Morgan fingerprint density at radius 3 is 2.45 bits per heavy atom. The minimum Gasteiger partial charge on any atom is -0.508 e. The molecule has 42 heavy (non-hydrogen) atoms. The highest BCUT2D eigenvalue weighted by Gasteiger charge is 2.60. The summed E-state index contributed by atoms with van der Waals surface area (Å²) in [4.78, 5) is 39.9. The molecule has 6 rings (SSSR count). The quantitative estimate of drug-likeness (QED) is 0.335. The molecule has 4 aliphatic rings. The van der Waals surface area contributed by atoms with Gasteiger partial charge >= 0.3 is 0 Å². The molecule has 0 bridgehead atoms. The van der Waals surface area contributed by atoms with Crippen molar-refractivity contribution in [1.29, 1.82) is 0 Å². The number of phenols is 1. The molecule has 10 nitrogen and oxygen atoms in total. The number of amides is 1. The molecule has 2 aromatic rings. The van der Waals surface area contributed by atoms with Crippen LogP contribution in [0, 0.1) is 17.7 Å². The summed E-state index contributed by atoms with van der Waals surface area (Å²) < 4.78 is 22.0. The van der Waals surface area contributed by atoms with Crippen LogP contribution >= 0.6 is 0 Å². The Hall–Kier alpha value is -4.22. The summed E-state index contributed by atoms with van der Waals surface area (Å²) in [5.74, 6) is -7.19. The Labute approximate surface area is 240 Å². The van der Waals surface area contributed by atoms with Crippen LogP contribution in [0.15, 0.2) is 53.3 Å². The zero-order valence-corrected chi connectivity index (χ0v) is 22.7. The van der Waals surface area contributed by atoms with Gasteiger partial charge in [0.25, 0.3) is 5.91 Å². The van der Waals surface area contributed by atoms with E-state index in [-0.39, 0.29) is 47.8 Å². The van der Waals surface area contributed by atoms with E-state index in [1.165, 1.54) is 6.07 Å². The van der Waals surface area contributed by atoms with Crippen LogP contribution in [0.5, 0.6) is 11.5 Å². The first-order chi connectivity index (χ1) is 20.0. The molecule has 2 aromatic carbocycles. The van der Waals surface area contributed by atoms with Crippen molar-refractivity contribution in [1.82, 2.24) is 4.90 Å². The summed E-state index contributed by atoms with van der Waals surface area (Å²) in [5.41, 5.74) is 1.43. The number of carbonyl (C=O) groups is 3. The van der Waals surface area contributed by atoms with E-state index in [0.717, 1.165) is 18.6 Å². The number of Topliss-reactive ketones (excluding diaryl/α,β-unsaturated/α-hetero) is 2. The van der Waals surface area contributed by atoms with Gasteiger partial charge in [-0.2, -0.15) is 0 Å². The van der Waals surface area contributed by atoms with Gasteiger partial charge in [-0.25, -0.2) is 4.39 Å². The van der Waals surface area contributed by atoms with E-state index in [2.05, 4.69) is 4.90 Å². The lowest BCUT2D eigenvalue weighted by molar-refractivity contribution is -0.147. The van der Waals surface area contributed by atoms with Crippen LogP contribution < -0.4 is 10.5 Å². The van der Waals surface area contributed by atoms with Gasteiger partial charge in [-0.15, -0.1) is 0 Å². The highest BCUT2D eigenvalue weighted by atomic mass is 19.1. The summed E-state index contributed by atoms with van der Waals surface area (Å²) in [6.45, 7) is 1.52. The second-order valence-corrected chi connectivity index (χ2v) is 11.5. The van der Waals surface area contributed by atoms with Crippen molar-refractivity contribution in [2.75, 3.05) is 13.1 Å². The first-order valence-electron chi connectivity index (χ1n) is 13.9. The molecule has 3 atom stereocenters. The third-order valence-electron chi connectivity index (χ3n) is 9.05. The first-order valence-corrected chi connectivity index (χ1v) is 13.9. The Morgan fingerprint density at radius 1 is 1.10 bits per heavy atom. The number of phenolic OH excluding ortho intramolecular Hbond substituents is 1. The molecule has 11 heteroatoms. The third kappa shape index (κ3) is 4.35. The van der Waals surface area contributed by atoms with E-state index in [4.69, 9.17) is 10.5 Å². The number of aromatic hydroxyl groups is 1. The molecule has 0 spiro atoms. The van der Waals surface area contributed by atoms with Gasteiger partial charge in [-0.05, 0) is 49.8 Å². The number of aliphatic hydroxyl groups is 3. The molecule has 1 heterocycles. The predicted octanol–water partition coefficient (Wildman–Crippen LogP) is 2.61. The van der Waals surface area contributed by atoms with E-state index in [1.54, 1.807) is 0 Å². The van der Waals surface area contributed by atoms with Crippen molar-refractivity contribution >= 4 is 23.2 Å². The minimum absolute atomic E-state index is 0.0356. The number of carbonyl (C=O) groups excluding carboxylic acids is 3. The molecular formula is C31H31FN2O8. The zero-order valence-electron chi connectivity index (χ0n) is 22.7. The van der Waals surface area contributed by atoms with Crippen LogP contribution in [0.25, 0.3) is 5.76 Å². The molecule has 1 saturated carbocycles. The molecule has 1 saturated heterocycles. The smallest absolute Gasteiger partial charge is 0.255 e. The van der Waals surface area contributed by atoms with Crippen molar-refractivity contribution < 1.29 is 43.9 Å². The maximum absolute atomic E-state index is 16.0.